The van der Waals surface area contributed by atoms with E-state index in [1.807, 2.05) is 0 Å². The van der Waals surface area contributed by atoms with Crippen molar-refractivity contribution >= 4 is 0 Å². The SMILES string of the molecule is CC1CN(C(C)CNC2CC2)CCO1. The Kier molecular flexibility index (Phi) is 3.42. The summed E-state index contributed by atoms with van der Waals surface area (Å²) in [6.45, 7) is 8.69. The van der Waals surface area contributed by atoms with Crippen LogP contribution in [0.5, 0.6) is 0 Å². The number of nitrogens with one attached hydrogen (secondary N) is 1. The molecule has 0 aromatic rings. The lowest BCUT2D eigenvalue weighted by atomic mass is 10.2. The molecule has 0 aromatic carbocycles. The highest BCUT2D eigenvalue weighted by Crippen LogP contribution is 2.18. The molecule has 0 amide bonds. The third-order valence-electron chi connectivity index (χ3n) is 3.18. The van der Waals surface area contributed by atoms with Gasteiger partial charge in [-0.05, 0) is 26.7 Å². The fourth-order valence-corrected chi connectivity index (χ4v) is 2.00. The number of morpholine rings is 1. The number of hydrogen-bond donors (Lipinski definition) is 1. The van der Waals surface area contributed by atoms with E-state index in [1.54, 1.807) is 0 Å². The van der Waals surface area contributed by atoms with Gasteiger partial charge in [0.15, 0.2) is 0 Å². The van der Waals surface area contributed by atoms with Crippen molar-refractivity contribution in [1.82, 2.24) is 10.2 Å². The van der Waals surface area contributed by atoms with Gasteiger partial charge in [-0.15, -0.1) is 0 Å². The first kappa shape index (κ1) is 10.4. The predicted octanol–water partition coefficient (Wildman–Crippen LogP) is 0.848. The second-order valence-corrected chi connectivity index (χ2v) is 4.71. The summed E-state index contributed by atoms with van der Waals surface area (Å²) in [5.74, 6) is 0. The summed E-state index contributed by atoms with van der Waals surface area (Å²) in [7, 11) is 0. The van der Waals surface area contributed by atoms with Crippen LogP contribution in [0.15, 0.2) is 0 Å². The van der Waals surface area contributed by atoms with Crippen LogP contribution < -0.4 is 5.32 Å². The van der Waals surface area contributed by atoms with E-state index in [4.69, 9.17) is 4.74 Å². The van der Waals surface area contributed by atoms with Gasteiger partial charge in [0.2, 0.25) is 0 Å². The molecule has 14 heavy (non-hydrogen) atoms. The van der Waals surface area contributed by atoms with E-state index in [2.05, 4.69) is 24.1 Å². The lowest BCUT2D eigenvalue weighted by Gasteiger charge is -2.35. The fraction of sp³-hybridized carbons (Fsp3) is 1.00. The zero-order chi connectivity index (χ0) is 9.97. The van der Waals surface area contributed by atoms with Crippen molar-refractivity contribution in [2.45, 2.75) is 44.9 Å². The molecule has 82 valence electrons. The maximum atomic E-state index is 5.53. The minimum atomic E-state index is 0.409. The van der Waals surface area contributed by atoms with Crippen molar-refractivity contribution in [1.29, 1.82) is 0 Å². The second-order valence-electron chi connectivity index (χ2n) is 4.71. The Morgan fingerprint density at radius 1 is 1.50 bits per heavy atom. The summed E-state index contributed by atoms with van der Waals surface area (Å²) >= 11 is 0. The Morgan fingerprint density at radius 2 is 2.29 bits per heavy atom. The van der Waals surface area contributed by atoms with E-state index >= 15 is 0 Å². The first-order valence-electron chi connectivity index (χ1n) is 5.84. The largest absolute Gasteiger partial charge is 0.376 e. The van der Waals surface area contributed by atoms with Gasteiger partial charge in [-0.1, -0.05) is 0 Å². The Labute approximate surface area is 86.8 Å². The molecular weight excluding hydrogens is 176 g/mol. The van der Waals surface area contributed by atoms with Crippen molar-refractivity contribution < 1.29 is 4.74 Å². The summed E-state index contributed by atoms with van der Waals surface area (Å²) in [5, 5.41) is 3.59. The summed E-state index contributed by atoms with van der Waals surface area (Å²) in [6.07, 6.45) is 3.17. The molecule has 2 rings (SSSR count). The first-order chi connectivity index (χ1) is 6.75. The van der Waals surface area contributed by atoms with E-state index in [0.717, 1.165) is 32.3 Å². The van der Waals surface area contributed by atoms with Crippen molar-refractivity contribution in [2.75, 3.05) is 26.2 Å². The average molecular weight is 198 g/mol. The molecule has 2 unspecified atom stereocenters. The maximum absolute atomic E-state index is 5.53. The molecule has 2 aliphatic rings. The average Bonchev–Trinajstić information content (AvgIpc) is 2.97. The van der Waals surface area contributed by atoms with Gasteiger partial charge >= 0.3 is 0 Å². The van der Waals surface area contributed by atoms with Gasteiger partial charge in [-0.25, -0.2) is 0 Å². The molecular formula is C11H22N2O. The van der Waals surface area contributed by atoms with E-state index in [0.29, 0.717) is 12.1 Å². The van der Waals surface area contributed by atoms with Crippen LogP contribution >= 0.6 is 0 Å². The van der Waals surface area contributed by atoms with Crippen LogP contribution in [0.4, 0.5) is 0 Å². The molecule has 1 heterocycles. The second kappa shape index (κ2) is 4.60. The molecule has 0 spiro atoms. The number of rotatable bonds is 4. The number of ether oxygens (including phenoxy) is 1. The highest BCUT2D eigenvalue weighted by atomic mass is 16.5. The van der Waals surface area contributed by atoms with Gasteiger partial charge in [-0.3, -0.25) is 4.90 Å². The van der Waals surface area contributed by atoms with Crippen LogP contribution in [0.1, 0.15) is 26.7 Å². The van der Waals surface area contributed by atoms with Crippen LogP contribution in [-0.4, -0.2) is 49.3 Å². The predicted molar refractivity (Wildman–Crippen MR) is 57.5 cm³/mol. The van der Waals surface area contributed by atoms with Crippen LogP contribution in [-0.2, 0) is 4.74 Å². The summed E-state index contributed by atoms with van der Waals surface area (Å²) in [5.41, 5.74) is 0. The highest BCUT2D eigenvalue weighted by molar-refractivity contribution is 4.83. The van der Waals surface area contributed by atoms with E-state index < -0.39 is 0 Å². The van der Waals surface area contributed by atoms with Gasteiger partial charge in [0.05, 0.1) is 12.7 Å². The standard InChI is InChI=1S/C11H22N2O/c1-9(7-12-11-3-4-11)13-5-6-14-10(2)8-13/h9-12H,3-8H2,1-2H3. The molecule has 2 atom stereocenters. The highest BCUT2D eigenvalue weighted by Gasteiger charge is 2.24. The Balaban J connectivity index is 1.68. The smallest absolute Gasteiger partial charge is 0.0674 e. The molecule has 1 aliphatic heterocycles. The lowest BCUT2D eigenvalue weighted by molar-refractivity contribution is -0.0311. The molecule has 2 fully saturated rings. The van der Waals surface area contributed by atoms with Gasteiger partial charge in [0, 0.05) is 31.7 Å². The Morgan fingerprint density at radius 3 is 2.93 bits per heavy atom. The number of nitrogens with zero attached hydrogens (tertiary/aromatic N) is 1. The lowest BCUT2D eigenvalue weighted by Crippen LogP contribution is -2.49. The van der Waals surface area contributed by atoms with Crippen molar-refractivity contribution in [3.63, 3.8) is 0 Å². The van der Waals surface area contributed by atoms with Gasteiger partial charge in [0.1, 0.15) is 0 Å². The van der Waals surface area contributed by atoms with Crippen molar-refractivity contribution in [3.05, 3.63) is 0 Å². The minimum Gasteiger partial charge on any atom is -0.376 e. The third kappa shape index (κ3) is 2.94. The molecule has 0 radical (unpaired) electrons. The monoisotopic (exact) mass is 198 g/mol. The van der Waals surface area contributed by atoms with Crippen LogP contribution in [0.2, 0.25) is 0 Å². The topological polar surface area (TPSA) is 24.5 Å². The summed E-state index contributed by atoms with van der Waals surface area (Å²) in [4.78, 5) is 2.53. The van der Waals surface area contributed by atoms with E-state index in [9.17, 15) is 0 Å². The zero-order valence-electron chi connectivity index (χ0n) is 9.33. The molecule has 3 heteroatoms. The fourth-order valence-electron chi connectivity index (χ4n) is 2.00. The Bertz CT molecular complexity index is 182. The first-order valence-corrected chi connectivity index (χ1v) is 5.84. The Hall–Kier alpha value is -0.120. The van der Waals surface area contributed by atoms with E-state index in [-0.39, 0.29) is 0 Å². The van der Waals surface area contributed by atoms with Crippen LogP contribution in [0.25, 0.3) is 0 Å². The van der Waals surface area contributed by atoms with Crippen LogP contribution in [0, 0.1) is 0 Å². The van der Waals surface area contributed by atoms with E-state index in [1.165, 1.54) is 12.8 Å². The number of hydrogen-bond acceptors (Lipinski definition) is 3. The maximum Gasteiger partial charge on any atom is 0.0674 e. The molecule has 1 aliphatic carbocycles. The van der Waals surface area contributed by atoms with Crippen LogP contribution in [0.3, 0.4) is 0 Å². The third-order valence-corrected chi connectivity index (χ3v) is 3.18. The normalized spacial score (nSPS) is 31.7. The quantitative estimate of drug-likeness (QED) is 0.725. The van der Waals surface area contributed by atoms with Gasteiger partial charge < -0.3 is 10.1 Å². The van der Waals surface area contributed by atoms with Crippen molar-refractivity contribution in [2.24, 2.45) is 0 Å². The minimum absolute atomic E-state index is 0.409. The molecule has 3 nitrogen and oxygen atoms in total. The van der Waals surface area contributed by atoms with Gasteiger partial charge in [-0.2, -0.15) is 0 Å². The zero-order valence-corrected chi connectivity index (χ0v) is 9.33. The molecule has 1 N–H and O–H groups in total. The summed E-state index contributed by atoms with van der Waals surface area (Å²) < 4.78 is 5.53. The van der Waals surface area contributed by atoms with Crippen molar-refractivity contribution in [3.8, 4) is 0 Å². The molecule has 0 aromatic heterocycles. The molecule has 1 saturated carbocycles. The molecule has 0 bridgehead atoms. The summed E-state index contributed by atoms with van der Waals surface area (Å²) in [6, 6.07) is 1.48. The molecule has 1 saturated heterocycles. The van der Waals surface area contributed by atoms with Gasteiger partial charge in [0.25, 0.3) is 0 Å².